The summed E-state index contributed by atoms with van der Waals surface area (Å²) in [6.07, 6.45) is 1.98. The molecule has 0 aromatic rings. The van der Waals surface area contributed by atoms with Crippen molar-refractivity contribution in [3.8, 4) is 0 Å². The van der Waals surface area contributed by atoms with Gasteiger partial charge in [-0.1, -0.05) is 20.8 Å². The Morgan fingerprint density at radius 3 is 2.57 bits per heavy atom. The molecule has 0 bridgehead atoms. The average molecular weight is 197 g/mol. The highest BCUT2D eigenvalue weighted by atomic mass is 16.1. The molecule has 1 rings (SSSR count). The summed E-state index contributed by atoms with van der Waals surface area (Å²) in [6, 6.07) is 0.571. The number of ketones is 1. The van der Waals surface area contributed by atoms with Gasteiger partial charge in [-0.2, -0.15) is 0 Å². The van der Waals surface area contributed by atoms with Crippen LogP contribution in [0.25, 0.3) is 0 Å². The first-order valence-electron chi connectivity index (χ1n) is 5.80. The van der Waals surface area contributed by atoms with E-state index in [0.29, 0.717) is 24.8 Å². The Kier molecular flexibility index (Phi) is 4.11. The van der Waals surface area contributed by atoms with Gasteiger partial charge >= 0.3 is 0 Å². The molecule has 0 amide bonds. The molecule has 1 aliphatic rings. The summed E-state index contributed by atoms with van der Waals surface area (Å²) in [7, 11) is 0. The average Bonchev–Trinajstić information content (AvgIpc) is 2.13. The summed E-state index contributed by atoms with van der Waals surface area (Å²) in [5.74, 6) is 1.84. The summed E-state index contributed by atoms with van der Waals surface area (Å²) in [5.41, 5.74) is 0. The lowest BCUT2D eigenvalue weighted by Gasteiger charge is -2.40. The molecule has 3 unspecified atom stereocenters. The summed E-state index contributed by atoms with van der Waals surface area (Å²) < 4.78 is 0. The molecular formula is C12H23NO. The molecule has 0 aromatic heterocycles. The number of carbonyl (C=O) groups is 1. The van der Waals surface area contributed by atoms with Crippen LogP contribution in [0, 0.1) is 11.8 Å². The molecule has 0 aliphatic carbocycles. The zero-order chi connectivity index (χ0) is 10.7. The fraction of sp³-hybridized carbons (Fsp3) is 0.917. The first-order valence-corrected chi connectivity index (χ1v) is 5.80. The highest BCUT2D eigenvalue weighted by Crippen LogP contribution is 2.26. The number of nitrogens with zero attached hydrogens (tertiary/aromatic N) is 1. The standard InChI is InChI=1S/C12H23NO/c1-5-12(14)8-13-7-9(2)6-10(3)11(13)4/h9-11H,5-8H2,1-4H3. The molecule has 1 saturated heterocycles. The number of Topliss-reactive ketones (excluding diaryl/α,β-unsaturated/α-hetero) is 1. The first-order chi connectivity index (χ1) is 6.54. The van der Waals surface area contributed by atoms with Gasteiger partial charge in [-0.25, -0.2) is 0 Å². The largest absolute Gasteiger partial charge is 0.298 e. The van der Waals surface area contributed by atoms with E-state index in [1.807, 2.05) is 6.92 Å². The zero-order valence-electron chi connectivity index (χ0n) is 9.92. The molecule has 1 fully saturated rings. The quantitative estimate of drug-likeness (QED) is 0.692. The predicted molar refractivity (Wildman–Crippen MR) is 59.3 cm³/mol. The topological polar surface area (TPSA) is 20.3 Å². The van der Waals surface area contributed by atoms with Gasteiger partial charge in [-0.15, -0.1) is 0 Å². The minimum absolute atomic E-state index is 0.373. The van der Waals surface area contributed by atoms with E-state index in [9.17, 15) is 4.79 Å². The number of hydrogen-bond acceptors (Lipinski definition) is 2. The third-order valence-electron chi connectivity index (χ3n) is 3.49. The summed E-state index contributed by atoms with van der Waals surface area (Å²) in [6.45, 7) is 10.5. The number of carbonyl (C=O) groups excluding carboxylic acids is 1. The van der Waals surface area contributed by atoms with Gasteiger partial charge < -0.3 is 0 Å². The highest BCUT2D eigenvalue weighted by Gasteiger charge is 2.29. The van der Waals surface area contributed by atoms with Crippen LogP contribution in [0.1, 0.15) is 40.5 Å². The third kappa shape index (κ3) is 2.81. The van der Waals surface area contributed by atoms with Crippen molar-refractivity contribution in [3.63, 3.8) is 0 Å². The van der Waals surface area contributed by atoms with Gasteiger partial charge in [0, 0.05) is 19.0 Å². The smallest absolute Gasteiger partial charge is 0.146 e. The lowest BCUT2D eigenvalue weighted by Crippen LogP contribution is -2.47. The maximum atomic E-state index is 11.4. The fourth-order valence-electron chi connectivity index (χ4n) is 2.38. The van der Waals surface area contributed by atoms with E-state index in [-0.39, 0.29) is 0 Å². The lowest BCUT2D eigenvalue weighted by molar-refractivity contribution is -0.121. The molecule has 2 heteroatoms. The molecule has 0 spiro atoms. The first kappa shape index (κ1) is 11.7. The number of likely N-dealkylation sites (tertiary alicyclic amines) is 1. The fourth-order valence-corrected chi connectivity index (χ4v) is 2.38. The van der Waals surface area contributed by atoms with Crippen molar-refractivity contribution in [1.29, 1.82) is 0 Å². The van der Waals surface area contributed by atoms with E-state index >= 15 is 0 Å². The van der Waals surface area contributed by atoms with Gasteiger partial charge in [0.25, 0.3) is 0 Å². The Hall–Kier alpha value is -0.370. The van der Waals surface area contributed by atoms with Crippen LogP contribution in [0.5, 0.6) is 0 Å². The lowest BCUT2D eigenvalue weighted by atomic mass is 9.86. The van der Waals surface area contributed by atoms with E-state index in [0.717, 1.165) is 18.4 Å². The van der Waals surface area contributed by atoms with Gasteiger partial charge in [-0.05, 0) is 25.2 Å². The van der Waals surface area contributed by atoms with Crippen molar-refractivity contribution < 1.29 is 4.79 Å². The minimum Gasteiger partial charge on any atom is -0.298 e. The van der Waals surface area contributed by atoms with Crippen molar-refractivity contribution >= 4 is 5.78 Å². The highest BCUT2D eigenvalue weighted by molar-refractivity contribution is 5.80. The Labute approximate surface area is 87.7 Å². The minimum atomic E-state index is 0.373. The number of piperidine rings is 1. The predicted octanol–water partition coefficient (Wildman–Crippen LogP) is 2.33. The van der Waals surface area contributed by atoms with Crippen LogP contribution in [0.15, 0.2) is 0 Å². The Morgan fingerprint density at radius 1 is 1.36 bits per heavy atom. The van der Waals surface area contributed by atoms with Gasteiger partial charge in [0.1, 0.15) is 5.78 Å². The van der Waals surface area contributed by atoms with Crippen LogP contribution in [-0.4, -0.2) is 29.8 Å². The molecule has 14 heavy (non-hydrogen) atoms. The summed E-state index contributed by atoms with van der Waals surface area (Å²) >= 11 is 0. The molecule has 2 nitrogen and oxygen atoms in total. The molecule has 0 N–H and O–H groups in total. The van der Waals surface area contributed by atoms with E-state index in [1.54, 1.807) is 0 Å². The number of hydrogen-bond donors (Lipinski definition) is 0. The SMILES string of the molecule is CCC(=O)CN1CC(C)CC(C)C1C. The molecule has 1 heterocycles. The van der Waals surface area contributed by atoms with Crippen LogP contribution < -0.4 is 0 Å². The Morgan fingerprint density at radius 2 is 2.00 bits per heavy atom. The van der Waals surface area contributed by atoms with Crippen molar-refractivity contribution in [2.24, 2.45) is 11.8 Å². The van der Waals surface area contributed by atoms with Gasteiger partial charge in [0.2, 0.25) is 0 Å². The van der Waals surface area contributed by atoms with Crippen molar-refractivity contribution in [1.82, 2.24) is 4.90 Å². The van der Waals surface area contributed by atoms with Crippen molar-refractivity contribution in [2.45, 2.75) is 46.6 Å². The van der Waals surface area contributed by atoms with Gasteiger partial charge in [0.05, 0.1) is 6.54 Å². The van der Waals surface area contributed by atoms with Crippen molar-refractivity contribution in [3.05, 3.63) is 0 Å². The van der Waals surface area contributed by atoms with Gasteiger partial charge in [0.15, 0.2) is 0 Å². The van der Waals surface area contributed by atoms with Crippen LogP contribution in [0.3, 0.4) is 0 Å². The molecule has 0 aromatic carbocycles. The van der Waals surface area contributed by atoms with E-state index in [4.69, 9.17) is 0 Å². The molecule has 82 valence electrons. The van der Waals surface area contributed by atoms with Crippen LogP contribution in [0.4, 0.5) is 0 Å². The van der Waals surface area contributed by atoms with Crippen molar-refractivity contribution in [2.75, 3.05) is 13.1 Å². The molecule has 1 aliphatic heterocycles. The van der Waals surface area contributed by atoms with Gasteiger partial charge in [-0.3, -0.25) is 9.69 Å². The molecular weight excluding hydrogens is 174 g/mol. The Bertz CT molecular complexity index is 202. The third-order valence-corrected chi connectivity index (χ3v) is 3.49. The summed E-state index contributed by atoms with van der Waals surface area (Å²) in [5, 5.41) is 0. The van der Waals surface area contributed by atoms with E-state index in [2.05, 4.69) is 25.7 Å². The van der Waals surface area contributed by atoms with Crippen LogP contribution >= 0.6 is 0 Å². The zero-order valence-corrected chi connectivity index (χ0v) is 9.92. The number of rotatable bonds is 3. The summed E-state index contributed by atoms with van der Waals surface area (Å²) in [4.78, 5) is 13.7. The second kappa shape index (κ2) is 4.92. The van der Waals surface area contributed by atoms with Crippen LogP contribution in [-0.2, 0) is 4.79 Å². The van der Waals surface area contributed by atoms with E-state index < -0.39 is 0 Å². The van der Waals surface area contributed by atoms with E-state index in [1.165, 1.54) is 6.42 Å². The molecule has 0 saturated carbocycles. The maximum Gasteiger partial charge on any atom is 0.146 e. The monoisotopic (exact) mass is 197 g/mol. The Balaban J connectivity index is 2.53. The molecule has 0 radical (unpaired) electrons. The normalized spacial score (nSPS) is 34.4. The molecule has 3 atom stereocenters. The second-order valence-corrected chi connectivity index (χ2v) is 4.88. The maximum absolute atomic E-state index is 11.4. The second-order valence-electron chi connectivity index (χ2n) is 4.88. The van der Waals surface area contributed by atoms with Crippen LogP contribution in [0.2, 0.25) is 0 Å².